The van der Waals surface area contributed by atoms with E-state index in [-0.39, 0.29) is 36.1 Å². The summed E-state index contributed by atoms with van der Waals surface area (Å²) in [6.45, 7) is 2.56. The summed E-state index contributed by atoms with van der Waals surface area (Å²) >= 11 is 1.28. The van der Waals surface area contributed by atoms with Crippen LogP contribution in [0.4, 0.5) is 8.78 Å². The number of hydrogen-bond acceptors (Lipinski definition) is 3. The lowest BCUT2D eigenvalue weighted by Gasteiger charge is -2.24. The molecule has 1 saturated heterocycles. The lowest BCUT2D eigenvalue weighted by Crippen LogP contribution is -2.33. The van der Waals surface area contributed by atoms with Gasteiger partial charge in [0.05, 0.1) is 5.75 Å². The number of rotatable bonds is 5. The predicted octanol–water partition coefficient (Wildman–Crippen LogP) is 2.06. The van der Waals surface area contributed by atoms with Crippen molar-refractivity contribution in [1.29, 1.82) is 0 Å². The van der Waals surface area contributed by atoms with Gasteiger partial charge in [-0.15, -0.1) is 11.8 Å². The second-order valence-electron chi connectivity index (χ2n) is 4.62. The first kappa shape index (κ1) is 15.8. The molecule has 4 nitrogen and oxygen atoms in total. The van der Waals surface area contributed by atoms with Gasteiger partial charge in [-0.2, -0.15) is 0 Å². The summed E-state index contributed by atoms with van der Waals surface area (Å²) in [6, 6.07) is 3.32. The van der Waals surface area contributed by atoms with Gasteiger partial charge in [0.1, 0.15) is 17.0 Å². The van der Waals surface area contributed by atoms with Gasteiger partial charge in [0.15, 0.2) is 0 Å². The molecule has 1 fully saturated rings. The molecule has 0 unspecified atom stereocenters. The second kappa shape index (κ2) is 6.89. The van der Waals surface area contributed by atoms with Crippen LogP contribution in [0.15, 0.2) is 18.2 Å². The third-order valence-corrected chi connectivity index (χ3v) is 4.39. The van der Waals surface area contributed by atoms with Crippen molar-refractivity contribution in [2.75, 3.05) is 18.8 Å². The predicted molar refractivity (Wildman–Crippen MR) is 76.6 cm³/mol. The minimum Gasteiger partial charge on any atom is -0.356 e. The summed E-state index contributed by atoms with van der Waals surface area (Å²) in [5.74, 6) is -1.39. The van der Waals surface area contributed by atoms with E-state index in [1.54, 1.807) is 0 Å². The number of nitrogens with one attached hydrogen (secondary N) is 1. The normalized spacial score (nSPS) is 18.1. The van der Waals surface area contributed by atoms with Crippen LogP contribution in [-0.2, 0) is 9.59 Å². The topological polar surface area (TPSA) is 49.4 Å². The van der Waals surface area contributed by atoms with Gasteiger partial charge < -0.3 is 10.2 Å². The monoisotopic (exact) mass is 314 g/mol. The highest BCUT2D eigenvalue weighted by molar-refractivity contribution is 8.00. The average Bonchev–Trinajstić information content (AvgIpc) is 2.78. The Morgan fingerprint density at radius 2 is 2.24 bits per heavy atom. The third-order valence-electron chi connectivity index (χ3n) is 3.15. The SMILES string of the molecule is CCNC(=O)CCN1C(=O)CS[C@@H]1c1ccc(F)cc1F. The minimum absolute atomic E-state index is 0.141. The fourth-order valence-corrected chi connectivity index (χ4v) is 3.40. The number of amides is 2. The highest BCUT2D eigenvalue weighted by Gasteiger charge is 2.34. The smallest absolute Gasteiger partial charge is 0.233 e. The molecular formula is C14H16F2N2O2S. The maximum absolute atomic E-state index is 13.9. The first-order chi connectivity index (χ1) is 10.0. The first-order valence-electron chi connectivity index (χ1n) is 6.65. The van der Waals surface area contributed by atoms with E-state index in [4.69, 9.17) is 0 Å². The first-order valence-corrected chi connectivity index (χ1v) is 7.70. The van der Waals surface area contributed by atoms with Crippen molar-refractivity contribution in [1.82, 2.24) is 10.2 Å². The fraction of sp³-hybridized carbons (Fsp3) is 0.429. The van der Waals surface area contributed by atoms with Crippen molar-refractivity contribution >= 4 is 23.6 Å². The van der Waals surface area contributed by atoms with Crippen LogP contribution in [0.5, 0.6) is 0 Å². The minimum atomic E-state index is -0.676. The number of thioether (sulfide) groups is 1. The number of benzene rings is 1. The number of nitrogens with zero attached hydrogens (tertiary/aromatic N) is 1. The largest absolute Gasteiger partial charge is 0.356 e. The van der Waals surface area contributed by atoms with Crippen LogP contribution in [0.1, 0.15) is 24.3 Å². The molecule has 0 saturated carbocycles. The van der Waals surface area contributed by atoms with E-state index >= 15 is 0 Å². The van der Waals surface area contributed by atoms with E-state index in [1.807, 2.05) is 6.92 Å². The van der Waals surface area contributed by atoms with Gasteiger partial charge >= 0.3 is 0 Å². The molecule has 0 aromatic heterocycles. The molecule has 0 spiro atoms. The zero-order valence-electron chi connectivity index (χ0n) is 11.6. The van der Waals surface area contributed by atoms with Crippen molar-refractivity contribution in [3.05, 3.63) is 35.4 Å². The molecule has 1 heterocycles. The molecule has 0 radical (unpaired) electrons. The van der Waals surface area contributed by atoms with Gasteiger partial charge in [-0.05, 0) is 13.0 Å². The van der Waals surface area contributed by atoms with E-state index in [0.29, 0.717) is 6.54 Å². The Bertz CT molecular complexity index is 554. The Balaban J connectivity index is 2.11. The fourth-order valence-electron chi connectivity index (χ4n) is 2.16. The number of halogens is 2. The Hall–Kier alpha value is -1.63. The molecular weight excluding hydrogens is 298 g/mol. The Morgan fingerprint density at radius 1 is 1.48 bits per heavy atom. The van der Waals surface area contributed by atoms with E-state index < -0.39 is 17.0 Å². The van der Waals surface area contributed by atoms with Crippen LogP contribution in [0, 0.1) is 11.6 Å². The molecule has 0 bridgehead atoms. The van der Waals surface area contributed by atoms with Crippen LogP contribution in [0.2, 0.25) is 0 Å². The van der Waals surface area contributed by atoms with Gasteiger partial charge in [0.25, 0.3) is 0 Å². The molecule has 0 aliphatic carbocycles. The molecule has 1 atom stereocenters. The summed E-state index contributed by atoms with van der Waals surface area (Å²) < 4.78 is 26.8. The third kappa shape index (κ3) is 3.72. The van der Waals surface area contributed by atoms with Crippen molar-refractivity contribution in [2.24, 2.45) is 0 Å². The highest BCUT2D eigenvalue weighted by atomic mass is 32.2. The van der Waals surface area contributed by atoms with E-state index in [9.17, 15) is 18.4 Å². The quantitative estimate of drug-likeness (QED) is 0.905. The number of carbonyl (C=O) groups excluding carboxylic acids is 2. The summed E-state index contributed by atoms with van der Waals surface area (Å²) in [4.78, 5) is 24.8. The van der Waals surface area contributed by atoms with Gasteiger partial charge in [-0.3, -0.25) is 9.59 Å². The molecule has 2 rings (SSSR count). The molecule has 7 heteroatoms. The van der Waals surface area contributed by atoms with Crippen LogP contribution >= 0.6 is 11.8 Å². The Morgan fingerprint density at radius 3 is 2.90 bits per heavy atom. The van der Waals surface area contributed by atoms with Gasteiger partial charge in [-0.25, -0.2) is 8.78 Å². The summed E-state index contributed by atoms with van der Waals surface area (Å²) in [7, 11) is 0. The van der Waals surface area contributed by atoms with Crippen LogP contribution in [0.3, 0.4) is 0 Å². The molecule has 21 heavy (non-hydrogen) atoms. The van der Waals surface area contributed by atoms with Gasteiger partial charge in [0.2, 0.25) is 11.8 Å². The molecule has 1 aromatic carbocycles. The number of carbonyl (C=O) groups is 2. The molecule has 1 aliphatic rings. The highest BCUT2D eigenvalue weighted by Crippen LogP contribution is 2.39. The molecule has 1 aliphatic heterocycles. The van der Waals surface area contributed by atoms with E-state index in [1.165, 1.54) is 28.8 Å². The summed E-state index contributed by atoms with van der Waals surface area (Å²) in [6.07, 6.45) is 0.166. The van der Waals surface area contributed by atoms with Crippen molar-refractivity contribution in [3.63, 3.8) is 0 Å². The van der Waals surface area contributed by atoms with Crippen molar-refractivity contribution in [2.45, 2.75) is 18.7 Å². The lowest BCUT2D eigenvalue weighted by molar-refractivity contribution is -0.129. The van der Waals surface area contributed by atoms with Crippen LogP contribution in [0.25, 0.3) is 0 Å². The zero-order chi connectivity index (χ0) is 15.4. The maximum Gasteiger partial charge on any atom is 0.233 e. The second-order valence-corrected chi connectivity index (χ2v) is 5.69. The standard InChI is InChI=1S/C14H16F2N2O2S/c1-2-17-12(19)5-6-18-13(20)8-21-14(18)10-4-3-9(15)7-11(10)16/h3-4,7,14H,2,5-6,8H2,1H3,(H,17,19)/t14-/m1/s1. The Labute approximate surface area is 125 Å². The molecule has 1 aromatic rings. The Kier molecular flexibility index (Phi) is 5.17. The summed E-state index contributed by atoms with van der Waals surface area (Å²) in [5, 5.41) is 2.14. The van der Waals surface area contributed by atoms with Crippen molar-refractivity contribution < 1.29 is 18.4 Å². The zero-order valence-corrected chi connectivity index (χ0v) is 12.4. The average molecular weight is 314 g/mol. The van der Waals surface area contributed by atoms with Crippen LogP contribution < -0.4 is 5.32 Å². The van der Waals surface area contributed by atoms with Crippen LogP contribution in [-0.4, -0.2) is 35.6 Å². The van der Waals surface area contributed by atoms with Crippen molar-refractivity contribution in [3.8, 4) is 0 Å². The molecule has 2 amide bonds. The summed E-state index contributed by atoms with van der Waals surface area (Å²) in [5.41, 5.74) is 0.267. The van der Waals surface area contributed by atoms with E-state index in [2.05, 4.69) is 5.32 Å². The molecule has 114 valence electrons. The maximum atomic E-state index is 13.9. The van der Waals surface area contributed by atoms with Gasteiger partial charge in [-0.1, -0.05) is 6.07 Å². The lowest BCUT2D eigenvalue weighted by atomic mass is 10.2. The number of hydrogen-bond donors (Lipinski definition) is 1. The van der Waals surface area contributed by atoms with Gasteiger partial charge in [0, 0.05) is 31.1 Å². The van der Waals surface area contributed by atoms with E-state index in [0.717, 1.165) is 6.07 Å². The molecule has 1 N–H and O–H groups in total.